The Labute approximate surface area is 189 Å². The number of nitrogens with two attached hydrogens (primary N) is 1. The number of fused-ring (bicyclic) bond motifs is 3. The van der Waals surface area contributed by atoms with E-state index in [0.717, 1.165) is 18.0 Å². The zero-order valence-corrected chi connectivity index (χ0v) is 17.9. The Balaban J connectivity index is 1.73. The zero-order chi connectivity index (χ0) is 24.8. The summed E-state index contributed by atoms with van der Waals surface area (Å²) in [4.78, 5) is 29.2. The van der Waals surface area contributed by atoms with E-state index in [1.807, 2.05) is 0 Å². The number of aromatic nitrogens is 3. The van der Waals surface area contributed by atoms with Crippen LogP contribution in [0.5, 0.6) is 0 Å². The van der Waals surface area contributed by atoms with Crippen LogP contribution in [-0.2, 0) is 24.6 Å². The molecule has 3 N–H and O–H groups in total. The standard InChI is InChI=1S/C22H18F4N6O2/c1-11(33)30-32(10-13-3-5-14(8-17(13)23)22(24,25)26)21(34)12-4-6-18-15(7-12)19-16(20(27)29-18)9-28-31(19)2/h3-9H,10H2,1-2H3,(H2,27,29)(H,30,33). The molecule has 0 aliphatic carbocycles. The van der Waals surface area contributed by atoms with E-state index in [0.29, 0.717) is 33.9 Å². The quantitative estimate of drug-likeness (QED) is 0.349. The summed E-state index contributed by atoms with van der Waals surface area (Å²) in [5, 5.41) is 6.16. The second-order valence-corrected chi connectivity index (χ2v) is 7.62. The first-order valence-corrected chi connectivity index (χ1v) is 9.91. The molecule has 0 aliphatic rings. The SMILES string of the molecule is CC(=O)NN(Cc1ccc(C(F)(F)F)cc1F)C(=O)c1ccc2nc(N)c3cnn(C)c3c2c1. The van der Waals surface area contributed by atoms with Crippen molar-refractivity contribution < 1.29 is 27.2 Å². The van der Waals surface area contributed by atoms with Crippen LogP contribution in [0.4, 0.5) is 23.4 Å². The molecular formula is C22H18F4N6O2. The molecule has 34 heavy (non-hydrogen) atoms. The lowest BCUT2D eigenvalue weighted by Gasteiger charge is -2.23. The molecule has 0 radical (unpaired) electrons. The highest BCUT2D eigenvalue weighted by Crippen LogP contribution is 2.31. The van der Waals surface area contributed by atoms with Gasteiger partial charge in [0.05, 0.1) is 34.7 Å². The Morgan fingerprint density at radius 2 is 1.88 bits per heavy atom. The van der Waals surface area contributed by atoms with Gasteiger partial charge < -0.3 is 5.73 Å². The number of aryl methyl sites for hydroxylation is 1. The second kappa shape index (κ2) is 8.28. The molecule has 2 aromatic carbocycles. The van der Waals surface area contributed by atoms with Gasteiger partial charge >= 0.3 is 6.18 Å². The molecule has 0 bridgehead atoms. The fraction of sp³-hybridized carbons (Fsp3) is 0.182. The van der Waals surface area contributed by atoms with Gasteiger partial charge in [-0.05, 0) is 30.3 Å². The molecule has 176 valence electrons. The van der Waals surface area contributed by atoms with Crippen LogP contribution in [0, 0.1) is 5.82 Å². The molecule has 8 nitrogen and oxygen atoms in total. The minimum absolute atomic E-state index is 0.127. The van der Waals surface area contributed by atoms with Gasteiger partial charge in [0.2, 0.25) is 5.91 Å². The molecule has 4 rings (SSSR count). The molecule has 0 unspecified atom stereocenters. The molecule has 0 spiro atoms. The van der Waals surface area contributed by atoms with Gasteiger partial charge in [-0.15, -0.1) is 0 Å². The van der Waals surface area contributed by atoms with Crippen LogP contribution in [0.25, 0.3) is 21.8 Å². The number of pyridine rings is 1. The fourth-order valence-corrected chi connectivity index (χ4v) is 3.62. The zero-order valence-electron chi connectivity index (χ0n) is 17.9. The summed E-state index contributed by atoms with van der Waals surface area (Å²) in [7, 11) is 1.70. The van der Waals surface area contributed by atoms with E-state index < -0.39 is 35.9 Å². The van der Waals surface area contributed by atoms with Gasteiger partial charge in [0.1, 0.15) is 11.6 Å². The number of rotatable bonds is 3. The van der Waals surface area contributed by atoms with Crippen molar-refractivity contribution in [3.63, 3.8) is 0 Å². The Bertz CT molecular complexity index is 1450. The summed E-state index contributed by atoms with van der Waals surface area (Å²) in [6.07, 6.45) is -3.17. The highest BCUT2D eigenvalue weighted by molar-refractivity contribution is 6.10. The molecule has 2 amide bonds. The van der Waals surface area contributed by atoms with E-state index in [2.05, 4.69) is 15.5 Å². The smallest absolute Gasteiger partial charge is 0.383 e. The second-order valence-electron chi connectivity index (χ2n) is 7.62. The largest absolute Gasteiger partial charge is 0.416 e. The van der Waals surface area contributed by atoms with E-state index in [9.17, 15) is 27.2 Å². The lowest BCUT2D eigenvalue weighted by molar-refractivity contribution is -0.137. The number of anilines is 1. The Morgan fingerprint density at radius 1 is 1.15 bits per heavy atom. The number of halogens is 4. The van der Waals surface area contributed by atoms with Gasteiger partial charge in [-0.1, -0.05) is 6.07 Å². The van der Waals surface area contributed by atoms with Crippen LogP contribution in [0.2, 0.25) is 0 Å². The summed E-state index contributed by atoms with van der Waals surface area (Å²) in [6, 6.07) is 6.53. The fourth-order valence-electron chi connectivity index (χ4n) is 3.62. The first kappa shape index (κ1) is 23.0. The molecule has 2 heterocycles. The Kier molecular flexibility index (Phi) is 5.59. The van der Waals surface area contributed by atoms with Crippen molar-refractivity contribution in [1.29, 1.82) is 0 Å². The van der Waals surface area contributed by atoms with Crippen molar-refractivity contribution in [1.82, 2.24) is 25.2 Å². The average Bonchev–Trinajstić information content (AvgIpc) is 3.15. The number of hydrazine groups is 1. The lowest BCUT2D eigenvalue weighted by Crippen LogP contribution is -2.44. The monoisotopic (exact) mass is 474 g/mol. The van der Waals surface area contributed by atoms with Crippen molar-refractivity contribution >= 4 is 39.4 Å². The minimum atomic E-state index is -4.72. The molecule has 0 saturated carbocycles. The molecular weight excluding hydrogens is 456 g/mol. The number of nitrogen functional groups attached to an aromatic ring is 1. The summed E-state index contributed by atoms with van der Waals surface area (Å²) < 4.78 is 54.5. The number of alkyl halides is 3. The molecule has 0 saturated heterocycles. The molecule has 0 atom stereocenters. The van der Waals surface area contributed by atoms with Crippen LogP contribution < -0.4 is 11.2 Å². The Hall–Kier alpha value is -4.22. The van der Waals surface area contributed by atoms with Gasteiger partial charge in [-0.2, -0.15) is 18.3 Å². The number of amides is 2. The first-order chi connectivity index (χ1) is 16.0. The molecule has 4 aromatic rings. The van der Waals surface area contributed by atoms with E-state index in [-0.39, 0.29) is 16.9 Å². The van der Waals surface area contributed by atoms with Crippen molar-refractivity contribution in [2.75, 3.05) is 5.73 Å². The van der Waals surface area contributed by atoms with Crippen LogP contribution >= 0.6 is 0 Å². The van der Waals surface area contributed by atoms with Crippen LogP contribution in [0.1, 0.15) is 28.4 Å². The normalized spacial score (nSPS) is 11.7. The first-order valence-electron chi connectivity index (χ1n) is 9.91. The number of hydrogen-bond acceptors (Lipinski definition) is 5. The lowest BCUT2D eigenvalue weighted by atomic mass is 10.1. The predicted octanol–water partition coefficient (Wildman–Crippen LogP) is 3.56. The van der Waals surface area contributed by atoms with E-state index in [1.54, 1.807) is 24.0 Å². The third kappa shape index (κ3) is 4.21. The number of carbonyl (C=O) groups excluding carboxylic acids is 2. The maximum absolute atomic E-state index is 14.4. The van der Waals surface area contributed by atoms with Crippen LogP contribution in [-0.4, -0.2) is 31.6 Å². The average molecular weight is 474 g/mol. The van der Waals surface area contributed by atoms with Crippen molar-refractivity contribution in [2.45, 2.75) is 19.6 Å². The highest BCUT2D eigenvalue weighted by Gasteiger charge is 2.31. The molecule has 0 fully saturated rings. The Morgan fingerprint density at radius 3 is 2.53 bits per heavy atom. The summed E-state index contributed by atoms with van der Waals surface area (Å²) >= 11 is 0. The number of benzene rings is 2. The van der Waals surface area contributed by atoms with Crippen molar-refractivity contribution in [2.24, 2.45) is 7.05 Å². The minimum Gasteiger partial charge on any atom is -0.383 e. The van der Waals surface area contributed by atoms with E-state index in [1.165, 1.54) is 12.1 Å². The number of hydrogen-bond donors (Lipinski definition) is 2. The summed E-state index contributed by atoms with van der Waals surface area (Å²) in [5.41, 5.74) is 8.18. The van der Waals surface area contributed by atoms with Crippen LogP contribution in [0.3, 0.4) is 0 Å². The summed E-state index contributed by atoms with van der Waals surface area (Å²) in [6.45, 7) is 0.650. The van der Waals surface area contributed by atoms with Crippen LogP contribution in [0.15, 0.2) is 42.6 Å². The van der Waals surface area contributed by atoms with Gasteiger partial charge in [0.15, 0.2) is 0 Å². The molecule has 2 aromatic heterocycles. The van der Waals surface area contributed by atoms with Gasteiger partial charge in [0, 0.05) is 30.5 Å². The molecule has 12 heteroatoms. The van der Waals surface area contributed by atoms with E-state index in [4.69, 9.17) is 5.73 Å². The van der Waals surface area contributed by atoms with Gasteiger partial charge in [0.25, 0.3) is 5.91 Å². The van der Waals surface area contributed by atoms with Crippen molar-refractivity contribution in [3.8, 4) is 0 Å². The molecule has 0 aliphatic heterocycles. The topological polar surface area (TPSA) is 106 Å². The van der Waals surface area contributed by atoms with Gasteiger partial charge in [-0.3, -0.25) is 19.7 Å². The third-order valence-electron chi connectivity index (χ3n) is 5.20. The number of nitrogens with zero attached hydrogens (tertiary/aromatic N) is 4. The maximum atomic E-state index is 14.4. The third-order valence-corrected chi connectivity index (χ3v) is 5.20. The van der Waals surface area contributed by atoms with Crippen molar-refractivity contribution in [3.05, 3.63) is 65.1 Å². The number of carbonyl (C=O) groups is 2. The predicted molar refractivity (Wildman–Crippen MR) is 116 cm³/mol. The maximum Gasteiger partial charge on any atom is 0.416 e. The van der Waals surface area contributed by atoms with Gasteiger partial charge in [-0.25, -0.2) is 14.4 Å². The number of nitrogens with one attached hydrogen (secondary N) is 1. The highest BCUT2D eigenvalue weighted by atomic mass is 19.4. The summed E-state index contributed by atoms with van der Waals surface area (Å²) in [5.74, 6) is -2.21. The van der Waals surface area contributed by atoms with E-state index >= 15 is 0 Å².